The Labute approximate surface area is 152 Å². The van der Waals surface area contributed by atoms with Gasteiger partial charge in [-0.05, 0) is 25.3 Å². The van der Waals surface area contributed by atoms with E-state index in [-0.39, 0.29) is 6.09 Å². The summed E-state index contributed by atoms with van der Waals surface area (Å²) in [5, 5.41) is 2.80. The molecule has 4 heteroatoms. The van der Waals surface area contributed by atoms with Crippen molar-refractivity contribution in [2.75, 3.05) is 6.54 Å². The molecular weight excluding hydrogens is 314 g/mol. The normalized spacial score (nSPS) is 10.4. The molecule has 140 valence electrons. The van der Waals surface area contributed by atoms with E-state index in [1.54, 1.807) is 6.92 Å². The lowest BCUT2D eigenvalue weighted by Crippen LogP contribution is -2.25. The van der Waals surface area contributed by atoms with Gasteiger partial charge in [-0.15, -0.1) is 0 Å². The zero-order chi connectivity index (χ0) is 18.2. The van der Waals surface area contributed by atoms with Gasteiger partial charge in [-0.3, -0.25) is 0 Å². The van der Waals surface area contributed by atoms with Crippen molar-refractivity contribution in [1.82, 2.24) is 5.32 Å². The van der Waals surface area contributed by atoms with Gasteiger partial charge in [-0.1, -0.05) is 75.3 Å². The molecule has 0 bridgehead atoms. The van der Waals surface area contributed by atoms with Crippen LogP contribution < -0.4 is 5.32 Å². The van der Waals surface area contributed by atoms with Crippen molar-refractivity contribution in [2.45, 2.75) is 77.7 Å². The fourth-order valence-electron chi connectivity index (χ4n) is 2.70. The van der Waals surface area contributed by atoms with E-state index >= 15 is 0 Å². The topological polar surface area (TPSA) is 55.4 Å². The summed E-state index contributed by atoms with van der Waals surface area (Å²) in [7, 11) is 0. The molecular formula is C21H33NO3. The van der Waals surface area contributed by atoms with Crippen LogP contribution in [0.4, 0.5) is 4.79 Å². The number of hydrogen-bond donors (Lipinski definition) is 1. The maximum absolute atomic E-state index is 11.6. The average molecular weight is 347 g/mol. The van der Waals surface area contributed by atoms with E-state index in [1.807, 2.05) is 30.3 Å². The maximum Gasteiger partial charge on any atom is 0.407 e. The molecule has 0 aliphatic carbocycles. The predicted octanol–water partition coefficient (Wildman–Crippen LogP) is 5.40. The van der Waals surface area contributed by atoms with Crippen molar-refractivity contribution in [2.24, 2.45) is 0 Å². The van der Waals surface area contributed by atoms with Crippen molar-refractivity contribution in [1.29, 1.82) is 0 Å². The lowest BCUT2D eigenvalue weighted by Gasteiger charge is -2.07. The molecule has 1 N–H and O–H groups in total. The number of ketones is 1. The van der Waals surface area contributed by atoms with E-state index in [0.717, 1.165) is 31.2 Å². The SMILES string of the molecule is CC(=O)CCCCCCCCCCCNC(=O)OCc1ccccc1. The summed E-state index contributed by atoms with van der Waals surface area (Å²) in [5.74, 6) is 0.303. The number of unbranched alkanes of at least 4 members (excludes halogenated alkanes) is 8. The second-order valence-corrected chi connectivity index (χ2v) is 6.62. The van der Waals surface area contributed by atoms with Crippen LogP contribution in [0.3, 0.4) is 0 Å². The molecule has 1 rings (SSSR count). The highest BCUT2D eigenvalue weighted by Gasteiger charge is 2.01. The second kappa shape index (κ2) is 14.5. The molecule has 0 atom stereocenters. The van der Waals surface area contributed by atoms with Crippen LogP contribution in [-0.2, 0) is 16.1 Å². The third kappa shape index (κ3) is 13.2. The zero-order valence-corrected chi connectivity index (χ0v) is 15.6. The standard InChI is InChI=1S/C21H33NO3/c1-19(23)14-10-7-5-3-2-4-6-8-13-17-22-21(24)25-18-20-15-11-9-12-16-20/h9,11-12,15-16H,2-8,10,13-14,17-18H2,1H3,(H,22,24). The van der Waals surface area contributed by atoms with E-state index in [2.05, 4.69) is 5.32 Å². The number of alkyl carbamates (subject to hydrolysis) is 1. The van der Waals surface area contributed by atoms with Gasteiger partial charge in [0, 0.05) is 13.0 Å². The van der Waals surface area contributed by atoms with Crippen LogP contribution in [0.1, 0.15) is 76.7 Å². The average Bonchev–Trinajstić information content (AvgIpc) is 2.61. The first-order valence-corrected chi connectivity index (χ1v) is 9.62. The summed E-state index contributed by atoms with van der Waals surface area (Å²) >= 11 is 0. The largest absolute Gasteiger partial charge is 0.445 e. The monoisotopic (exact) mass is 347 g/mol. The molecule has 0 saturated carbocycles. The van der Waals surface area contributed by atoms with E-state index in [9.17, 15) is 9.59 Å². The quantitative estimate of drug-likeness (QED) is 0.458. The molecule has 1 aromatic carbocycles. The Kier molecular flexibility index (Phi) is 12.3. The van der Waals surface area contributed by atoms with E-state index in [4.69, 9.17) is 4.74 Å². The van der Waals surface area contributed by atoms with Crippen molar-refractivity contribution in [3.05, 3.63) is 35.9 Å². The number of amides is 1. The van der Waals surface area contributed by atoms with Crippen molar-refractivity contribution in [3.63, 3.8) is 0 Å². The summed E-state index contributed by atoms with van der Waals surface area (Å²) in [4.78, 5) is 22.4. The van der Waals surface area contributed by atoms with E-state index in [0.29, 0.717) is 18.9 Å². The number of hydrogen-bond acceptors (Lipinski definition) is 3. The fraction of sp³-hybridized carbons (Fsp3) is 0.619. The van der Waals surface area contributed by atoms with Crippen LogP contribution >= 0.6 is 0 Å². The number of Topliss-reactive ketones (excluding diaryl/α,β-unsaturated/α-hetero) is 1. The van der Waals surface area contributed by atoms with Gasteiger partial charge >= 0.3 is 6.09 Å². The first-order valence-electron chi connectivity index (χ1n) is 9.62. The van der Waals surface area contributed by atoms with Gasteiger partial charge in [0.1, 0.15) is 12.4 Å². The second-order valence-electron chi connectivity index (χ2n) is 6.62. The smallest absolute Gasteiger partial charge is 0.407 e. The molecule has 0 heterocycles. The van der Waals surface area contributed by atoms with Crippen molar-refractivity contribution >= 4 is 11.9 Å². The zero-order valence-electron chi connectivity index (χ0n) is 15.6. The number of carbonyl (C=O) groups excluding carboxylic acids is 2. The predicted molar refractivity (Wildman–Crippen MR) is 101 cm³/mol. The lowest BCUT2D eigenvalue weighted by molar-refractivity contribution is -0.117. The van der Waals surface area contributed by atoms with Gasteiger partial charge in [-0.2, -0.15) is 0 Å². The Morgan fingerprint density at radius 1 is 0.840 bits per heavy atom. The number of ether oxygens (including phenoxy) is 1. The molecule has 0 saturated heterocycles. The first kappa shape index (κ1) is 21.2. The molecule has 1 amide bonds. The molecule has 0 fully saturated rings. The minimum atomic E-state index is -0.339. The molecule has 0 aliphatic rings. The molecule has 0 unspecified atom stereocenters. The highest BCUT2D eigenvalue weighted by atomic mass is 16.5. The van der Waals surface area contributed by atoms with Crippen LogP contribution in [0.2, 0.25) is 0 Å². The summed E-state index contributed by atoms with van der Waals surface area (Å²) in [6.45, 7) is 2.66. The third-order valence-corrected chi connectivity index (χ3v) is 4.19. The molecule has 0 aliphatic heterocycles. The maximum atomic E-state index is 11.6. The lowest BCUT2D eigenvalue weighted by atomic mass is 10.1. The Morgan fingerprint density at radius 2 is 1.40 bits per heavy atom. The minimum absolute atomic E-state index is 0.303. The summed E-state index contributed by atoms with van der Waals surface area (Å²) in [5.41, 5.74) is 0.999. The Hall–Kier alpha value is -1.84. The third-order valence-electron chi connectivity index (χ3n) is 4.19. The molecule has 4 nitrogen and oxygen atoms in total. The van der Waals surface area contributed by atoms with Gasteiger partial charge in [0.25, 0.3) is 0 Å². The molecule has 1 aromatic rings. The van der Waals surface area contributed by atoms with Crippen molar-refractivity contribution < 1.29 is 14.3 Å². The highest BCUT2D eigenvalue weighted by Crippen LogP contribution is 2.10. The first-order chi connectivity index (χ1) is 12.2. The highest BCUT2D eigenvalue weighted by molar-refractivity contribution is 5.75. The molecule has 0 spiro atoms. The number of carbonyl (C=O) groups is 2. The van der Waals surface area contributed by atoms with Crippen LogP contribution in [-0.4, -0.2) is 18.4 Å². The van der Waals surface area contributed by atoms with Crippen molar-refractivity contribution in [3.8, 4) is 0 Å². The summed E-state index contributed by atoms with van der Waals surface area (Å²) < 4.78 is 5.16. The Bertz CT molecular complexity index is 473. The number of benzene rings is 1. The van der Waals surface area contributed by atoms with Crippen LogP contribution in [0.5, 0.6) is 0 Å². The Balaban J connectivity index is 1.82. The summed E-state index contributed by atoms with van der Waals surface area (Å²) in [6, 6.07) is 9.69. The van der Waals surface area contributed by atoms with Gasteiger partial charge < -0.3 is 14.8 Å². The fourth-order valence-corrected chi connectivity index (χ4v) is 2.70. The van der Waals surface area contributed by atoms with Gasteiger partial charge in [0.2, 0.25) is 0 Å². The van der Waals surface area contributed by atoms with Crippen LogP contribution in [0, 0.1) is 0 Å². The summed E-state index contributed by atoms with van der Waals surface area (Å²) in [6.07, 6.45) is 11.0. The number of nitrogens with one attached hydrogen (secondary N) is 1. The Morgan fingerprint density at radius 3 is 2.00 bits per heavy atom. The molecule has 0 aromatic heterocycles. The van der Waals surface area contributed by atoms with Gasteiger partial charge in [0.05, 0.1) is 0 Å². The minimum Gasteiger partial charge on any atom is -0.445 e. The van der Waals surface area contributed by atoms with E-state index < -0.39 is 0 Å². The van der Waals surface area contributed by atoms with Crippen LogP contribution in [0.15, 0.2) is 30.3 Å². The molecule has 25 heavy (non-hydrogen) atoms. The molecule has 0 radical (unpaired) electrons. The number of rotatable bonds is 14. The van der Waals surface area contributed by atoms with Crippen LogP contribution in [0.25, 0.3) is 0 Å². The van der Waals surface area contributed by atoms with Gasteiger partial charge in [0.15, 0.2) is 0 Å². The van der Waals surface area contributed by atoms with Gasteiger partial charge in [-0.25, -0.2) is 4.79 Å². The van der Waals surface area contributed by atoms with E-state index in [1.165, 1.54) is 38.5 Å².